The normalized spacial score (nSPS) is 14.9. The first-order valence-corrected chi connectivity index (χ1v) is 5.63. The molecule has 0 radical (unpaired) electrons. The van der Waals surface area contributed by atoms with Crippen molar-refractivity contribution in [2.75, 3.05) is 19.8 Å². The van der Waals surface area contributed by atoms with Gasteiger partial charge in [0.25, 0.3) is 0 Å². The molecule has 0 aromatic carbocycles. The fraction of sp³-hybridized carbons (Fsp3) is 0.909. The highest BCUT2D eigenvalue weighted by Gasteiger charge is 2.32. The van der Waals surface area contributed by atoms with Crippen LogP contribution in [0.15, 0.2) is 0 Å². The summed E-state index contributed by atoms with van der Waals surface area (Å²) in [4.78, 5) is 11.0. The molecule has 0 amide bonds. The van der Waals surface area contributed by atoms with Crippen LogP contribution in [0.4, 0.5) is 0 Å². The second-order valence-corrected chi connectivity index (χ2v) is 3.93. The molecule has 0 aromatic rings. The van der Waals surface area contributed by atoms with Gasteiger partial charge in [0.15, 0.2) is 0 Å². The van der Waals surface area contributed by atoms with Gasteiger partial charge in [0.2, 0.25) is 0 Å². The van der Waals surface area contributed by atoms with E-state index in [1.54, 1.807) is 6.92 Å². The van der Waals surface area contributed by atoms with E-state index in [0.717, 1.165) is 19.3 Å². The summed E-state index contributed by atoms with van der Waals surface area (Å²) in [6.45, 7) is 7.15. The topological polar surface area (TPSA) is 58.6 Å². The summed E-state index contributed by atoms with van der Waals surface area (Å²) in [5.41, 5.74) is -0.957. The molecular weight excluding hydrogens is 194 g/mol. The first-order chi connectivity index (χ1) is 7.06. The zero-order valence-corrected chi connectivity index (χ0v) is 10.0. The second-order valence-electron chi connectivity index (χ2n) is 3.93. The summed E-state index contributed by atoms with van der Waals surface area (Å²) in [7, 11) is 0. The Bertz CT molecular complexity index is 185. The summed E-state index contributed by atoms with van der Waals surface area (Å²) in [6.07, 6.45) is 3.27. The van der Waals surface area contributed by atoms with Crippen molar-refractivity contribution < 1.29 is 14.6 Å². The van der Waals surface area contributed by atoms with Gasteiger partial charge in [-0.25, -0.2) is 0 Å². The number of hydrogen-bond donors (Lipinski definition) is 2. The van der Waals surface area contributed by atoms with Crippen LogP contribution in [0, 0.1) is 0 Å². The minimum absolute atomic E-state index is 0.222. The molecule has 0 spiro atoms. The highest BCUT2D eigenvalue weighted by molar-refractivity contribution is 5.78. The van der Waals surface area contributed by atoms with E-state index in [2.05, 4.69) is 12.2 Å². The average molecular weight is 217 g/mol. The Morgan fingerprint density at radius 2 is 2.07 bits per heavy atom. The molecule has 1 unspecified atom stereocenters. The van der Waals surface area contributed by atoms with Crippen LogP contribution >= 0.6 is 0 Å². The number of carboxylic acid groups (broad SMARTS) is 1. The zero-order valence-electron chi connectivity index (χ0n) is 10.0. The number of unbranched alkanes of at least 4 members (excludes halogenated alkanes) is 2. The molecule has 0 rings (SSSR count). The van der Waals surface area contributed by atoms with Gasteiger partial charge in [-0.1, -0.05) is 26.7 Å². The lowest BCUT2D eigenvalue weighted by Crippen LogP contribution is -2.53. The Morgan fingerprint density at radius 1 is 1.40 bits per heavy atom. The number of hydrogen-bond acceptors (Lipinski definition) is 3. The number of nitrogens with one attached hydrogen (secondary N) is 1. The smallest absolute Gasteiger partial charge is 0.326 e. The van der Waals surface area contributed by atoms with Crippen molar-refractivity contribution in [3.63, 3.8) is 0 Å². The van der Waals surface area contributed by atoms with Crippen molar-refractivity contribution in [1.29, 1.82) is 0 Å². The van der Waals surface area contributed by atoms with Crippen molar-refractivity contribution in [2.24, 2.45) is 0 Å². The summed E-state index contributed by atoms with van der Waals surface area (Å²) in [5, 5.41) is 11.9. The maximum atomic E-state index is 11.0. The van der Waals surface area contributed by atoms with Crippen LogP contribution in [0.25, 0.3) is 0 Å². The first kappa shape index (κ1) is 14.4. The van der Waals surface area contributed by atoms with E-state index >= 15 is 0 Å². The van der Waals surface area contributed by atoms with E-state index in [-0.39, 0.29) is 6.61 Å². The van der Waals surface area contributed by atoms with Crippen molar-refractivity contribution in [2.45, 2.75) is 45.6 Å². The Morgan fingerprint density at radius 3 is 2.53 bits per heavy atom. The number of ether oxygens (including phenoxy) is 1. The molecule has 2 N–H and O–H groups in total. The Balaban J connectivity index is 3.81. The number of carbonyl (C=O) groups is 1. The van der Waals surface area contributed by atoms with Gasteiger partial charge in [-0.3, -0.25) is 4.79 Å². The third kappa shape index (κ3) is 5.74. The van der Waals surface area contributed by atoms with Crippen molar-refractivity contribution in [1.82, 2.24) is 5.32 Å². The second kappa shape index (κ2) is 7.65. The largest absolute Gasteiger partial charge is 0.480 e. The minimum Gasteiger partial charge on any atom is -0.480 e. The van der Waals surface area contributed by atoms with E-state index in [0.29, 0.717) is 13.2 Å². The van der Waals surface area contributed by atoms with Crippen LogP contribution in [0.5, 0.6) is 0 Å². The Kier molecular flexibility index (Phi) is 7.34. The van der Waals surface area contributed by atoms with Gasteiger partial charge in [-0.15, -0.1) is 0 Å². The minimum atomic E-state index is -0.957. The molecule has 15 heavy (non-hydrogen) atoms. The molecule has 4 nitrogen and oxygen atoms in total. The molecule has 0 fully saturated rings. The van der Waals surface area contributed by atoms with Crippen molar-refractivity contribution in [3.8, 4) is 0 Å². The molecule has 90 valence electrons. The summed E-state index contributed by atoms with van der Waals surface area (Å²) in [5.74, 6) is -0.861. The van der Waals surface area contributed by atoms with Gasteiger partial charge >= 0.3 is 5.97 Å². The van der Waals surface area contributed by atoms with Crippen LogP contribution in [0.1, 0.15) is 40.0 Å². The predicted molar refractivity (Wildman–Crippen MR) is 60.1 cm³/mol. The monoisotopic (exact) mass is 217 g/mol. The van der Waals surface area contributed by atoms with Crippen molar-refractivity contribution >= 4 is 5.97 Å². The fourth-order valence-corrected chi connectivity index (χ4v) is 1.31. The molecule has 0 aliphatic rings. The number of likely N-dealkylation sites (N-methyl/N-ethyl adjacent to an activating group) is 1. The van der Waals surface area contributed by atoms with E-state index in [1.165, 1.54) is 0 Å². The van der Waals surface area contributed by atoms with E-state index < -0.39 is 11.5 Å². The lowest BCUT2D eigenvalue weighted by atomic mass is 10.0. The molecular formula is C11H23NO3. The van der Waals surface area contributed by atoms with Crippen LogP contribution in [0.3, 0.4) is 0 Å². The average Bonchev–Trinajstić information content (AvgIpc) is 2.18. The van der Waals surface area contributed by atoms with Gasteiger partial charge in [0.1, 0.15) is 5.54 Å². The quantitative estimate of drug-likeness (QED) is 0.576. The van der Waals surface area contributed by atoms with Crippen molar-refractivity contribution in [3.05, 3.63) is 0 Å². The molecule has 0 aromatic heterocycles. The Labute approximate surface area is 92.0 Å². The summed E-state index contributed by atoms with van der Waals surface area (Å²) >= 11 is 0. The van der Waals surface area contributed by atoms with Gasteiger partial charge in [0, 0.05) is 6.61 Å². The molecule has 0 saturated carbocycles. The third-order valence-electron chi connectivity index (χ3n) is 2.32. The fourth-order valence-electron chi connectivity index (χ4n) is 1.31. The van der Waals surface area contributed by atoms with Crippen LogP contribution in [0.2, 0.25) is 0 Å². The lowest BCUT2D eigenvalue weighted by molar-refractivity contribution is -0.146. The molecule has 0 aliphatic carbocycles. The van der Waals surface area contributed by atoms with E-state index in [9.17, 15) is 4.79 Å². The lowest BCUT2D eigenvalue weighted by Gasteiger charge is -2.25. The van der Waals surface area contributed by atoms with Gasteiger partial charge in [-0.05, 0) is 19.9 Å². The van der Waals surface area contributed by atoms with Crippen LogP contribution in [-0.4, -0.2) is 36.4 Å². The molecule has 0 bridgehead atoms. The summed E-state index contributed by atoms with van der Waals surface area (Å²) in [6, 6.07) is 0. The maximum Gasteiger partial charge on any atom is 0.326 e. The third-order valence-corrected chi connectivity index (χ3v) is 2.32. The predicted octanol–water partition coefficient (Wildman–Crippen LogP) is 1.65. The number of carboxylic acids is 1. The maximum absolute atomic E-state index is 11.0. The number of rotatable bonds is 9. The van der Waals surface area contributed by atoms with Gasteiger partial charge in [-0.2, -0.15) is 0 Å². The van der Waals surface area contributed by atoms with Gasteiger partial charge < -0.3 is 15.2 Å². The Hall–Kier alpha value is -0.610. The van der Waals surface area contributed by atoms with E-state index in [1.807, 2.05) is 6.92 Å². The molecule has 0 saturated heterocycles. The standard InChI is InChI=1S/C11H23NO3/c1-4-6-7-8-15-9-11(3,10(13)14)12-5-2/h12H,4-9H2,1-3H3,(H,13,14). The zero-order chi connectivity index (χ0) is 11.7. The number of aliphatic carboxylic acids is 1. The highest BCUT2D eigenvalue weighted by Crippen LogP contribution is 2.05. The highest BCUT2D eigenvalue weighted by atomic mass is 16.5. The SMILES string of the molecule is CCCCCOCC(C)(NCC)C(=O)O. The van der Waals surface area contributed by atoms with E-state index in [4.69, 9.17) is 9.84 Å². The first-order valence-electron chi connectivity index (χ1n) is 5.63. The molecule has 1 atom stereocenters. The van der Waals surface area contributed by atoms with Crippen LogP contribution in [-0.2, 0) is 9.53 Å². The molecule has 0 heterocycles. The van der Waals surface area contributed by atoms with Gasteiger partial charge in [0.05, 0.1) is 6.61 Å². The molecule has 0 aliphatic heterocycles. The van der Waals surface area contributed by atoms with Crippen LogP contribution < -0.4 is 5.32 Å². The molecule has 4 heteroatoms. The summed E-state index contributed by atoms with van der Waals surface area (Å²) < 4.78 is 5.37.